The van der Waals surface area contributed by atoms with E-state index >= 15 is 0 Å². The lowest BCUT2D eigenvalue weighted by atomic mass is 10.1. The number of aliphatic imine (C=N–C) groups is 1. The number of ether oxygens (including phenoxy) is 3. The first-order chi connectivity index (χ1) is 10.7. The Labute approximate surface area is 135 Å². The van der Waals surface area contributed by atoms with E-state index in [2.05, 4.69) is 29.5 Å². The predicted octanol–water partition coefficient (Wildman–Crippen LogP) is 1.27. The van der Waals surface area contributed by atoms with Crippen LogP contribution in [0.2, 0.25) is 0 Å². The molecule has 0 bridgehead atoms. The fourth-order valence-corrected chi connectivity index (χ4v) is 2.13. The molecule has 1 unspecified atom stereocenters. The zero-order valence-electron chi connectivity index (χ0n) is 14.4. The molecule has 1 atom stereocenters. The topological polar surface area (TPSA) is 64.1 Å². The van der Waals surface area contributed by atoms with E-state index in [0.717, 1.165) is 64.9 Å². The van der Waals surface area contributed by atoms with Crippen LogP contribution in [-0.2, 0) is 14.2 Å². The SMILES string of the molecule is CN=C(NCCCOCC1CCOC1)NCCOCC(C)C. The summed E-state index contributed by atoms with van der Waals surface area (Å²) in [6.45, 7) is 10.8. The first-order valence-corrected chi connectivity index (χ1v) is 8.40. The van der Waals surface area contributed by atoms with Crippen molar-refractivity contribution in [1.82, 2.24) is 10.6 Å². The van der Waals surface area contributed by atoms with Crippen LogP contribution in [0.3, 0.4) is 0 Å². The largest absolute Gasteiger partial charge is 0.381 e. The minimum absolute atomic E-state index is 0.577. The predicted molar refractivity (Wildman–Crippen MR) is 89.4 cm³/mol. The van der Waals surface area contributed by atoms with Crippen LogP contribution < -0.4 is 10.6 Å². The van der Waals surface area contributed by atoms with Gasteiger partial charge in [-0.2, -0.15) is 0 Å². The Hall–Kier alpha value is -0.850. The highest BCUT2D eigenvalue weighted by molar-refractivity contribution is 5.79. The summed E-state index contributed by atoms with van der Waals surface area (Å²) in [5, 5.41) is 6.51. The van der Waals surface area contributed by atoms with Crippen molar-refractivity contribution in [3.63, 3.8) is 0 Å². The molecule has 1 saturated heterocycles. The van der Waals surface area contributed by atoms with Crippen molar-refractivity contribution in [2.75, 3.05) is 59.8 Å². The third-order valence-corrected chi connectivity index (χ3v) is 3.35. The van der Waals surface area contributed by atoms with Crippen LogP contribution in [0.4, 0.5) is 0 Å². The van der Waals surface area contributed by atoms with Gasteiger partial charge < -0.3 is 24.8 Å². The van der Waals surface area contributed by atoms with Crippen molar-refractivity contribution in [1.29, 1.82) is 0 Å². The molecule has 0 radical (unpaired) electrons. The zero-order valence-corrected chi connectivity index (χ0v) is 14.4. The Bertz CT molecular complexity index is 292. The van der Waals surface area contributed by atoms with E-state index in [-0.39, 0.29) is 0 Å². The van der Waals surface area contributed by atoms with Crippen molar-refractivity contribution in [3.8, 4) is 0 Å². The van der Waals surface area contributed by atoms with E-state index in [4.69, 9.17) is 14.2 Å². The van der Waals surface area contributed by atoms with E-state index in [1.54, 1.807) is 7.05 Å². The smallest absolute Gasteiger partial charge is 0.191 e. The average molecular weight is 315 g/mol. The first kappa shape index (κ1) is 19.2. The Morgan fingerprint density at radius 3 is 2.73 bits per heavy atom. The summed E-state index contributed by atoms with van der Waals surface area (Å²) in [5.74, 6) is 1.99. The number of rotatable bonds is 11. The Morgan fingerprint density at radius 1 is 1.23 bits per heavy atom. The minimum Gasteiger partial charge on any atom is -0.381 e. The third kappa shape index (κ3) is 9.97. The van der Waals surface area contributed by atoms with Crippen molar-refractivity contribution >= 4 is 5.96 Å². The second-order valence-electron chi connectivity index (χ2n) is 6.05. The van der Waals surface area contributed by atoms with Crippen LogP contribution in [0.1, 0.15) is 26.7 Å². The molecule has 0 aromatic carbocycles. The van der Waals surface area contributed by atoms with Crippen LogP contribution in [-0.4, -0.2) is 65.7 Å². The molecular formula is C16H33N3O3. The lowest BCUT2D eigenvalue weighted by molar-refractivity contribution is 0.0887. The lowest BCUT2D eigenvalue weighted by Crippen LogP contribution is -2.39. The average Bonchev–Trinajstić information content (AvgIpc) is 3.01. The summed E-state index contributed by atoms with van der Waals surface area (Å²) >= 11 is 0. The van der Waals surface area contributed by atoms with Gasteiger partial charge >= 0.3 is 0 Å². The molecule has 6 heteroatoms. The van der Waals surface area contributed by atoms with Crippen molar-refractivity contribution < 1.29 is 14.2 Å². The zero-order chi connectivity index (χ0) is 16.0. The van der Waals surface area contributed by atoms with Crippen LogP contribution in [0.15, 0.2) is 4.99 Å². The molecule has 0 spiro atoms. The van der Waals surface area contributed by atoms with Gasteiger partial charge in [0.05, 0.1) is 19.8 Å². The summed E-state index contributed by atoms with van der Waals surface area (Å²) in [7, 11) is 1.78. The monoisotopic (exact) mass is 315 g/mol. The van der Waals surface area contributed by atoms with Gasteiger partial charge in [-0.1, -0.05) is 13.8 Å². The molecule has 1 heterocycles. The summed E-state index contributed by atoms with van der Waals surface area (Å²) in [6, 6.07) is 0. The maximum absolute atomic E-state index is 5.67. The highest BCUT2D eigenvalue weighted by Gasteiger charge is 2.15. The first-order valence-electron chi connectivity index (χ1n) is 8.40. The van der Waals surface area contributed by atoms with Crippen LogP contribution >= 0.6 is 0 Å². The summed E-state index contributed by atoms with van der Waals surface area (Å²) in [4.78, 5) is 4.18. The molecule has 1 aliphatic heterocycles. The Kier molecular flexibility index (Phi) is 11.1. The van der Waals surface area contributed by atoms with Gasteiger partial charge in [-0.15, -0.1) is 0 Å². The molecule has 6 nitrogen and oxygen atoms in total. The van der Waals surface area contributed by atoms with E-state index < -0.39 is 0 Å². The Balaban J connectivity index is 1.90. The molecule has 0 amide bonds. The number of guanidine groups is 1. The Morgan fingerprint density at radius 2 is 2.05 bits per heavy atom. The molecule has 0 aromatic rings. The fraction of sp³-hybridized carbons (Fsp3) is 0.938. The lowest BCUT2D eigenvalue weighted by Gasteiger charge is -2.13. The summed E-state index contributed by atoms with van der Waals surface area (Å²) in [5.41, 5.74) is 0. The number of nitrogens with zero attached hydrogens (tertiary/aromatic N) is 1. The quantitative estimate of drug-likeness (QED) is 0.341. The normalized spacial score (nSPS) is 18.9. The number of hydrogen-bond acceptors (Lipinski definition) is 4. The fourth-order valence-electron chi connectivity index (χ4n) is 2.13. The standard InChI is InChI=1S/C16H33N3O3/c1-14(2)11-22-10-7-19-16(17-3)18-6-4-8-20-12-15-5-9-21-13-15/h14-15H,4-13H2,1-3H3,(H2,17,18,19). The minimum atomic E-state index is 0.577. The molecule has 130 valence electrons. The number of hydrogen-bond donors (Lipinski definition) is 2. The maximum atomic E-state index is 5.67. The molecule has 0 aromatic heterocycles. The van der Waals surface area contributed by atoms with Gasteiger partial charge in [0.2, 0.25) is 0 Å². The molecule has 0 aliphatic carbocycles. The second kappa shape index (κ2) is 12.7. The highest BCUT2D eigenvalue weighted by Crippen LogP contribution is 2.12. The van der Waals surface area contributed by atoms with E-state index in [1.807, 2.05) is 0 Å². The molecule has 2 N–H and O–H groups in total. The van der Waals surface area contributed by atoms with Gasteiger partial charge in [0.1, 0.15) is 0 Å². The van der Waals surface area contributed by atoms with Gasteiger partial charge in [0.15, 0.2) is 5.96 Å². The molecule has 1 rings (SSSR count). The van der Waals surface area contributed by atoms with Crippen molar-refractivity contribution in [2.24, 2.45) is 16.8 Å². The highest BCUT2D eigenvalue weighted by atomic mass is 16.5. The summed E-state index contributed by atoms with van der Waals surface area (Å²) in [6.07, 6.45) is 2.10. The van der Waals surface area contributed by atoms with Crippen molar-refractivity contribution in [2.45, 2.75) is 26.7 Å². The number of nitrogens with one attached hydrogen (secondary N) is 2. The van der Waals surface area contributed by atoms with Crippen LogP contribution in [0.25, 0.3) is 0 Å². The maximum Gasteiger partial charge on any atom is 0.191 e. The molecule has 1 fully saturated rings. The third-order valence-electron chi connectivity index (χ3n) is 3.35. The molecule has 22 heavy (non-hydrogen) atoms. The molecule has 1 aliphatic rings. The van der Waals surface area contributed by atoms with Crippen LogP contribution in [0.5, 0.6) is 0 Å². The molecular weight excluding hydrogens is 282 g/mol. The second-order valence-corrected chi connectivity index (χ2v) is 6.05. The molecule has 0 saturated carbocycles. The van der Waals surface area contributed by atoms with E-state index in [1.165, 1.54) is 0 Å². The van der Waals surface area contributed by atoms with Crippen molar-refractivity contribution in [3.05, 3.63) is 0 Å². The van der Waals surface area contributed by atoms with Crippen LogP contribution in [0, 0.1) is 11.8 Å². The van der Waals surface area contributed by atoms with Gasteiger partial charge in [-0.3, -0.25) is 4.99 Å². The van der Waals surface area contributed by atoms with Gasteiger partial charge in [0.25, 0.3) is 0 Å². The van der Waals surface area contributed by atoms with Gasteiger partial charge in [0, 0.05) is 45.9 Å². The summed E-state index contributed by atoms with van der Waals surface area (Å²) < 4.78 is 16.5. The van der Waals surface area contributed by atoms with Gasteiger partial charge in [-0.25, -0.2) is 0 Å². The van der Waals surface area contributed by atoms with E-state index in [9.17, 15) is 0 Å². The van der Waals surface area contributed by atoms with E-state index in [0.29, 0.717) is 18.4 Å². The van der Waals surface area contributed by atoms with Gasteiger partial charge in [-0.05, 0) is 18.8 Å².